The molecule has 5 heteroatoms. The number of hydrogen-bond acceptors (Lipinski definition) is 3. The van der Waals surface area contributed by atoms with Crippen molar-refractivity contribution in [1.82, 2.24) is 10.2 Å². The molecule has 2 fully saturated rings. The Hall–Kier alpha value is -0.420. The molecule has 0 unspecified atom stereocenters. The Kier molecular flexibility index (Phi) is 5.61. The maximum atomic E-state index is 12.3. The van der Waals surface area contributed by atoms with Crippen LogP contribution in [0.15, 0.2) is 0 Å². The summed E-state index contributed by atoms with van der Waals surface area (Å²) in [6.07, 6.45) is 4.84. The number of ether oxygens (including phenoxy) is 1. The topological polar surface area (TPSA) is 41.6 Å². The van der Waals surface area contributed by atoms with E-state index >= 15 is 0 Å². The molecule has 0 aliphatic carbocycles. The first-order valence-electron chi connectivity index (χ1n) is 7.77. The molecule has 2 saturated heterocycles. The van der Waals surface area contributed by atoms with Gasteiger partial charge in [-0.2, -0.15) is 11.8 Å². The molecular weight excluding hydrogens is 272 g/mol. The van der Waals surface area contributed by atoms with Gasteiger partial charge in [0.15, 0.2) is 0 Å². The van der Waals surface area contributed by atoms with Crippen LogP contribution in [0, 0.1) is 0 Å². The van der Waals surface area contributed by atoms with E-state index in [2.05, 4.69) is 26.1 Å². The molecule has 4 nitrogen and oxygen atoms in total. The molecule has 1 N–H and O–H groups in total. The summed E-state index contributed by atoms with van der Waals surface area (Å²) < 4.78 is 5.80. The summed E-state index contributed by atoms with van der Waals surface area (Å²) in [5.41, 5.74) is 0. The summed E-state index contributed by atoms with van der Waals surface area (Å²) in [5, 5.41) is 3.13. The third-order valence-electron chi connectivity index (χ3n) is 4.03. The first-order chi connectivity index (χ1) is 9.46. The standard InChI is InChI=1S/C15H28N2O2S/c1-12(6-7-13-5-4-9-19-13)16-14(18)17-8-10-20-15(2,3)11-17/h12-13H,4-11H2,1-3H3,(H,16,18)/t12-,13-/m0/s1. The maximum Gasteiger partial charge on any atom is 0.317 e. The lowest BCUT2D eigenvalue weighted by molar-refractivity contribution is 0.0999. The van der Waals surface area contributed by atoms with Crippen molar-refractivity contribution in [2.45, 2.75) is 63.3 Å². The van der Waals surface area contributed by atoms with E-state index in [4.69, 9.17) is 4.74 Å². The van der Waals surface area contributed by atoms with Crippen LogP contribution < -0.4 is 5.32 Å². The van der Waals surface area contributed by atoms with Gasteiger partial charge in [0.2, 0.25) is 0 Å². The lowest BCUT2D eigenvalue weighted by Crippen LogP contribution is -2.51. The van der Waals surface area contributed by atoms with Gasteiger partial charge in [-0.25, -0.2) is 4.79 Å². The summed E-state index contributed by atoms with van der Waals surface area (Å²) in [5.74, 6) is 1.03. The Morgan fingerprint density at radius 2 is 2.35 bits per heavy atom. The van der Waals surface area contributed by atoms with Crippen molar-refractivity contribution in [3.05, 3.63) is 0 Å². The van der Waals surface area contributed by atoms with Crippen LogP contribution in [0.3, 0.4) is 0 Å². The number of thioether (sulfide) groups is 1. The van der Waals surface area contributed by atoms with Crippen molar-refractivity contribution in [2.24, 2.45) is 0 Å². The van der Waals surface area contributed by atoms with E-state index in [-0.39, 0.29) is 16.8 Å². The molecule has 0 aromatic carbocycles. The van der Waals surface area contributed by atoms with Gasteiger partial charge in [-0.15, -0.1) is 0 Å². The maximum absolute atomic E-state index is 12.3. The number of amides is 2. The molecule has 0 spiro atoms. The van der Waals surface area contributed by atoms with Crippen LogP contribution in [-0.4, -0.2) is 53.3 Å². The Labute approximate surface area is 127 Å². The zero-order valence-electron chi connectivity index (χ0n) is 13.0. The predicted molar refractivity (Wildman–Crippen MR) is 84.3 cm³/mol. The van der Waals surface area contributed by atoms with Crippen LogP contribution in [-0.2, 0) is 4.74 Å². The lowest BCUT2D eigenvalue weighted by atomic mass is 10.1. The van der Waals surface area contributed by atoms with E-state index in [0.29, 0.717) is 6.10 Å². The van der Waals surface area contributed by atoms with Crippen molar-refractivity contribution >= 4 is 17.8 Å². The number of nitrogens with zero attached hydrogens (tertiary/aromatic N) is 1. The highest BCUT2D eigenvalue weighted by molar-refractivity contribution is 8.00. The second-order valence-electron chi connectivity index (χ2n) is 6.59. The van der Waals surface area contributed by atoms with Gasteiger partial charge in [-0.1, -0.05) is 0 Å². The molecular formula is C15H28N2O2S. The molecule has 0 aromatic rings. The van der Waals surface area contributed by atoms with Crippen molar-refractivity contribution in [1.29, 1.82) is 0 Å². The molecule has 2 amide bonds. The van der Waals surface area contributed by atoms with E-state index in [1.54, 1.807) is 0 Å². The highest BCUT2D eigenvalue weighted by Gasteiger charge is 2.30. The average molecular weight is 300 g/mol. The average Bonchev–Trinajstić information content (AvgIpc) is 2.88. The lowest BCUT2D eigenvalue weighted by Gasteiger charge is -2.38. The highest BCUT2D eigenvalue weighted by Crippen LogP contribution is 2.29. The van der Waals surface area contributed by atoms with E-state index in [1.807, 2.05) is 16.7 Å². The molecule has 0 radical (unpaired) electrons. The molecule has 2 atom stereocenters. The molecule has 2 aliphatic heterocycles. The molecule has 0 bridgehead atoms. The third kappa shape index (κ3) is 4.85. The molecule has 116 valence electrons. The first kappa shape index (κ1) is 16.0. The zero-order chi connectivity index (χ0) is 14.6. The number of rotatable bonds is 4. The molecule has 2 aliphatic rings. The van der Waals surface area contributed by atoms with Crippen molar-refractivity contribution in [3.8, 4) is 0 Å². The van der Waals surface area contributed by atoms with Gasteiger partial charge in [0, 0.05) is 36.2 Å². The predicted octanol–water partition coefficient (Wildman–Crippen LogP) is 2.87. The number of hydrogen-bond donors (Lipinski definition) is 1. The minimum atomic E-state index is 0.0956. The van der Waals surface area contributed by atoms with E-state index in [1.165, 1.54) is 12.8 Å². The molecule has 0 aromatic heterocycles. The minimum absolute atomic E-state index is 0.0956. The highest BCUT2D eigenvalue weighted by atomic mass is 32.2. The van der Waals surface area contributed by atoms with Crippen LogP contribution in [0.4, 0.5) is 4.79 Å². The van der Waals surface area contributed by atoms with Gasteiger partial charge >= 0.3 is 6.03 Å². The summed E-state index contributed by atoms with van der Waals surface area (Å²) in [7, 11) is 0. The summed E-state index contributed by atoms with van der Waals surface area (Å²) in [4.78, 5) is 14.2. The zero-order valence-corrected chi connectivity index (χ0v) is 13.8. The number of carbonyl (C=O) groups is 1. The Morgan fingerprint density at radius 3 is 3.00 bits per heavy atom. The van der Waals surface area contributed by atoms with Gasteiger partial charge in [0.25, 0.3) is 0 Å². The molecule has 2 rings (SSSR count). The summed E-state index contributed by atoms with van der Waals surface area (Å²) in [6, 6.07) is 0.322. The van der Waals surface area contributed by atoms with Crippen LogP contribution >= 0.6 is 11.8 Å². The molecule has 0 saturated carbocycles. The number of urea groups is 1. The summed E-state index contributed by atoms with van der Waals surface area (Å²) in [6.45, 7) is 9.11. The SMILES string of the molecule is C[C@@H](CC[C@@H]1CCCO1)NC(=O)N1CCSC(C)(C)C1. The van der Waals surface area contributed by atoms with Crippen molar-refractivity contribution in [2.75, 3.05) is 25.4 Å². The minimum Gasteiger partial charge on any atom is -0.378 e. The van der Waals surface area contributed by atoms with Crippen LogP contribution in [0.2, 0.25) is 0 Å². The monoisotopic (exact) mass is 300 g/mol. The van der Waals surface area contributed by atoms with Gasteiger partial charge in [0.1, 0.15) is 0 Å². The quantitative estimate of drug-likeness (QED) is 0.868. The first-order valence-corrected chi connectivity index (χ1v) is 8.76. The van der Waals surface area contributed by atoms with Crippen LogP contribution in [0.5, 0.6) is 0 Å². The van der Waals surface area contributed by atoms with E-state index < -0.39 is 0 Å². The largest absolute Gasteiger partial charge is 0.378 e. The Balaban J connectivity index is 1.70. The van der Waals surface area contributed by atoms with Crippen LogP contribution in [0.1, 0.15) is 46.5 Å². The second kappa shape index (κ2) is 7.03. The van der Waals surface area contributed by atoms with Gasteiger partial charge in [-0.3, -0.25) is 0 Å². The Bertz CT molecular complexity index is 330. The van der Waals surface area contributed by atoms with Gasteiger partial charge in [-0.05, 0) is 46.5 Å². The van der Waals surface area contributed by atoms with Gasteiger partial charge in [0.05, 0.1) is 6.10 Å². The van der Waals surface area contributed by atoms with Crippen molar-refractivity contribution in [3.63, 3.8) is 0 Å². The van der Waals surface area contributed by atoms with E-state index in [0.717, 1.165) is 38.3 Å². The number of nitrogens with one attached hydrogen (secondary N) is 1. The molecule has 2 heterocycles. The van der Waals surface area contributed by atoms with Crippen LogP contribution in [0.25, 0.3) is 0 Å². The second-order valence-corrected chi connectivity index (χ2v) is 8.39. The normalized spacial score (nSPS) is 27.4. The van der Waals surface area contributed by atoms with E-state index in [9.17, 15) is 4.79 Å². The smallest absolute Gasteiger partial charge is 0.317 e. The Morgan fingerprint density at radius 1 is 1.55 bits per heavy atom. The fourth-order valence-corrected chi connectivity index (χ4v) is 3.98. The third-order valence-corrected chi connectivity index (χ3v) is 5.33. The fraction of sp³-hybridized carbons (Fsp3) is 0.933. The van der Waals surface area contributed by atoms with Gasteiger partial charge < -0.3 is 15.0 Å². The fourth-order valence-electron chi connectivity index (χ4n) is 2.87. The number of carbonyl (C=O) groups excluding carboxylic acids is 1. The van der Waals surface area contributed by atoms with Crippen molar-refractivity contribution < 1.29 is 9.53 Å². The summed E-state index contributed by atoms with van der Waals surface area (Å²) >= 11 is 1.95. The molecule has 20 heavy (non-hydrogen) atoms.